The Balaban J connectivity index is 2.97. The molecule has 0 fully saturated rings. The van der Waals surface area contributed by atoms with E-state index in [0.29, 0.717) is 12.4 Å². The summed E-state index contributed by atoms with van der Waals surface area (Å²) in [5.74, 6) is 0.341. The third kappa shape index (κ3) is 3.41. The van der Waals surface area contributed by atoms with E-state index in [-0.39, 0.29) is 18.1 Å². The van der Waals surface area contributed by atoms with Crippen LogP contribution < -0.4 is 10.2 Å². The SMILES string of the molecule is CCCN(CC(=O)NC)c1nccnc1C#N. The molecule has 0 aromatic carbocycles. The first-order chi connectivity index (χ1) is 8.22. The van der Waals surface area contributed by atoms with Gasteiger partial charge in [0.15, 0.2) is 11.5 Å². The zero-order valence-electron chi connectivity index (χ0n) is 9.97. The normalized spacial score (nSPS) is 9.47. The van der Waals surface area contributed by atoms with Gasteiger partial charge in [0.25, 0.3) is 0 Å². The molecule has 0 unspecified atom stereocenters. The van der Waals surface area contributed by atoms with Crippen molar-refractivity contribution in [3.63, 3.8) is 0 Å². The van der Waals surface area contributed by atoms with Crippen LogP contribution in [0.5, 0.6) is 0 Å². The van der Waals surface area contributed by atoms with Crippen LogP contribution in [-0.2, 0) is 4.79 Å². The highest BCUT2D eigenvalue weighted by molar-refractivity contribution is 5.81. The van der Waals surface area contributed by atoms with Crippen LogP contribution in [0.1, 0.15) is 19.0 Å². The fourth-order valence-electron chi connectivity index (χ4n) is 1.42. The number of amides is 1. The van der Waals surface area contributed by atoms with Gasteiger partial charge in [-0.1, -0.05) is 6.92 Å². The summed E-state index contributed by atoms with van der Waals surface area (Å²) in [6.45, 7) is 2.83. The molecule has 1 aromatic heterocycles. The number of aromatic nitrogens is 2. The summed E-state index contributed by atoms with van der Waals surface area (Å²) in [6, 6.07) is 1.98. The highest BCUT2D eigenvalue weighted by atomic mass is 16.1. The maximum atomic E-state index is 11.4. The number of nitrogens with zero attached hydrogens (tertiary/aromatic N) is 4. The van der Waals surface area contributed by atoms with Crippen molar-refractivity contribution in [2.45, 2.75) is 13.3 Å². The predicted octanol–water partition coefficient (Wildman–Crippen LogP) is 0.311. The third-order valence-electron chi connectivity index (χ3n) is 2.19. The van der Waals surface area contributed by atoms with Gasteiger partial charge in [-0.05, 0) is 6.42 Å². The van der Waals surface area contributed by atoms with Crippen LogP contribution in [0.2, 0.25) is 0 Å². The minimum Gasteiger partial charge on any atom is -0.358 e. The van der Waals surface area contributed by atoms with Gasteiger partial charge in [0.2, 0.25) is 5.91 Å². The fraction of sp³-hybridized carbons (Fsp3) is 0.455. The van der Waals surface area contributed by atoms with E-state index >= 15 is 0 Å². The predicted molar refractivity (Wildman–Crippen MR) is 63.3 cm³/mol. The maximum Gasteiger partial charge on any atom is 0.239 e. The molecule has 6 heteroatoms. The van der Waals surface area contributed by atoms with Crippen LogP contribution in [-0.4, -0.2) is 36.0 Å². The van der Waals surface area contributed by atoms with E-state index in [2.05, 4.69) is 15.3 Å². The van der Waals surface area contributed by atoms with Gasteiger partial charge in [-0.3, -0.25) is 4.79 Å². The first-order valence-corrected chi connectivity index (χ1v) is 5.39. The number of hydrogen-bond donors (Lipinski definition) is 1. The smallest absolute Gasteiger partial charge is 0.239 e. The van der Waals surface area contributed by atoms with E-state index in [0.717, 1.165) is 6.42 Å². The Kier molecular flexibility index (Phi) is 4.88. The minimum absolute atomic E-state index is 0.118. The molecular formula is C11H15N5O. The second-order valence-electron chi connectivity index (χ2n) is 3.44. The molecule has 17 heavy (non-hydrogen) atoms. The molecule has 0 radical (unpaired) electrons. The summed E-state index contributed by atoms with van der Waals surface area (Å²) in [6.07, 6.45) is 3.84. The lowest BCUT2D eigenvalue weighted by atomic mass is 10.3. The van der Waals surface area contributed by atoms with Crippen LogP contribution in [0.3, 0.4) is 0 Å². The molecule has 1 amide bonds. The molecule has 1 N–H and O–H groups in total. The quantitative estimate of drug-likeness (QED) is 0.791. The Morgan fingerprint density at radius 3 is 2.82 bits per heavy atom. The first-order valence-electron chi connectivity index (χ1n) is 5.39. The van der Waals surface area contributed by atoms with Crippen LogP contribution >= 0.6 is 0 Å². The van der Waals surface area contributed by atoms with Crippen molar-refractivity contribution in [2.75, 3.05) is 25.0 Å². The molecule has 0 aliphatic carbocycles. The van der Waals surface area contributed by atoms with Gasteiger partial charge >= 0.3 is 0 Å². The van der Waals surface area contributed by atoms with E-state index in [9.17, 15) is 4.79 Å². The molecule has 1 aromatic rings. The number of likely N-dealkylation sites (N-methyl/N-ethyl adjacent to an activating group) is 1. The molecule has 0 saturated carbocycles. The summed E-state index contributed by atoms with van der Waals surface area (Å²) >= 11 is 0. The number of carbonyl (C=O) groups excluding carboxylic acids is 1. The van der Waals surface area contributed by atoms with Crippen molar-refractivity contribution in [1.82, 2.24) is 15.3 Å². The number of anilines is 1. The monoisotopic (exact) mass is 233 g/mol. The van der Waals surface area contributed by atoms with E-state index in [1.807, 2.05) is 13.0 Å². The highest BCUT2D eigenvalue weighted by Gasteiger charge is 2.15. The summed E-state index contributed by atoms with van der Waals surface area (Å²) < 4.78 is 0. The summed E-state index contributed by atoms with van der Waals surface area (Å²) in [5, 5.41) is 11.5. The van der Waals surface area contributed by atoms with Crippen molar-refractivity contribution in [1.29, 1.82) is 5.26 Å². The zero-order valence-corrected chi connectivity index (χ0v) is 9.97. The van der Waals surface area contributed by atoms with E-state index in [1.54, 1.807) is 11.9 Å². The van der Waals surface area contributed by atoms with Gasteiger partial charge in [-0.25, -0.2) is 9.97 Å². The maximum absolute atomic E-state index is 11.4. The van der Waals surface area contributed by atoms with Gasteiger partial charge in [-0.2, -0.15) is 5.26 Å². The van der Waals surface area contributed by atoms with Crippen molar-refractivity contribution in [3.8, 4) is 6.07 Å². The first kappa shape index (κ1) is 12.9. The molecule has 1 rings (SSSR count). The fourth-order valence-corrected chi connectivity index (χ4v) is 1.42. The molecule has 0 aliphatic heterocycles. The minimum atomic E-state index is -0.118. The van der Waals surface area contributed by atoms with Crippen molar-refractivity contribution in [2.24, 2.45) is 0 Å². The summed E-state index contributed by atoms with van der Waals surface area (Å²) in [4.78, 5) is 21.2. The number of nitriles is 1. The van der Waals surface area contributed by atoms with Crippen LogP contribution in [0.25, 0.3) is 0 Å². The average Bonchev–Trinajstić information content (AvgIpc) is 2.38. The Hall–Kier alpha value is -2.16. The molecular weight excluding hydrogens is 218 g/mol. The largest absolute Gasteiger partial charge is 0.358 e. The van der Waals surface area contributed by atoms with Gasteiger partial charge in [0.1, 0.15) is 6.07 Å². The molecule has 90 valence electrons. The van der Waals surface area contributed by atoms with E-state index < -0.39 is 0 Å². The number of rotatable bonds is 5. The Bertz CT molecular complexity index is 426. The van der Waals surface area contributed by atoms with E-state index in [1.165, 1.54) is 12.4 Å². The van der Waals surface area contributed by atoms with Crippen LogP contribution in [0.15, 0.2) is 12.4 Å². The molecule has 0 aliphatic rings. The van der Waals surface area contributed by atoms with Gasteiger partial charge in [-0.15, -0.1) is 0 Å². The second-order valence-corrected chi connectivity index (χ2v) is 3.44. The molecule has 6 nitrogen and oxygen atoms in total. The van der Waals surface area contributed by atoms with Crippen LogP contribution in [0, 0.1) is 11.3 Å². The Morgan fingerprint density at radius 1 is 1.53 bits per heavy atom. The van der Waals surface area contributed by atoms with Gasteiger partial charge in [0.05, 0.1) is 6.54 Å². The van der Waals surface area contributed by atoms with Crippen LogP contribution in [0.4, 0.5) is 5.82 Å². The topological polar surface area (TPSA) is 81.9 Å². The number of hydrogen-bond acceptors (Lipinski definition) is 5. The van der Waals surface area contributed by atoms with Crippen molar-refractivity contribution in [3.05, 3.63) is 18.1 Å². The number of carbonyl (C=O) groups is 1. The van der Waals surface area contributed by atoms with Gasteiger partial charge in [0, 0.05) is 26.0 Å². The molecule has 0 saturated heterocycles. The lowest BCUT2D eigenvalue weighted by molar-refractivity contribution is -0.119. The third-order valence-corrected chi connectivity index (χ3v) is 2.19. The number of nitrogens with one attached hydrogen (secondary N) is 1. The average molecular weight is 233 g/mol. The molecule has 0 bridgehead atoms. The molecule has 0 atom stereocenters. The highest BCUT2D eigenvalue weighted by Crippen LogP contribution is 2.13. The lowest BCUT2D eigenvalue weighted by Gasteiger charge is -2.22. The van der Waals surface area contributed by atoms with Crippen molar-refractivity contribution < 1.29 is 4.79 Å². The Labute approximate surface area is 100 Å². The Morgan fingerprint density at radius 2 is 2.24 bits per heavy atom. The lowest BCUT2D eigenvalue weighted by Crippen LogP contribution is -2.37. The molecule has 0 spiro atoms. The van der Waals surface area contributed by atoms with Crippen molar-refractivity contribution >= 4 is 11.7 Å². The van der Waals surface area contributed by atoms with E-state index in [4.69, 9.17) is 5.26 Å². The summed E-state index contributed by atoms with van der Waals surface area (Å²) in [5.41, 5.74) is 0.241. The summed E-state index contributed by atoms with van der Waals surface area (Å²) in [7, 11) is 1.58. The molecule has 1 heterocycles. The standard InChI is InChI=1S/C11H15N5O/c1-3-6-16(8-10(17)13-2)11-9(7-12)14-4-5-15-11/h4-5H,3,6,8H2,1-2H3,(H,13,17). The van der Waals surface area contributed by atoms with Gasteiger partial charge < -0.3 is 10.2 Å². The zero-order chi connectivity index (χ0) is 12.7. The second kappa shape index (κ2) is 6.43.